The number of rotatable bonds is 24. The molecule has 0 N–H and O–H groups in total. The van der Waals surface area contributed by atoms with Crippen LogP contribution in [0.1, 0.15) is 98.8 Å². The highest BCUT2D eigenvalue weighted by molar-refractivity contribution is 7.81. The minimum Gasteiger partial charge on any atom is -0.379 e. The first-order chi connectivity index (χ1) is 17.9. The van der Waals surface area contributed by atoms with Crippen LogP contribution in [0.4, 0.5) is 0 Å². The van der Waals surface area contributed by atoms with Crippen molar-refractivity contribution in [1.82, 2.24) is 0 Å². The van der Waals surface area contributed by atoms with Gasteiger partial charge in [-0.2, -0.15) is 8.42 Å². The van der Waals surface area contributed by atoms with Gasteiger partial charge in [0.25, 0.3) is 0 Å². The fourth-order valence-electron chi connectivity index (χ4n) is 3.84. The molecule has 1 heterocycles. The lowest BCUT2D eigenvalue weighted by molar-refractivity contribution is -0.203. The van der Waals surface area contributed by atoms with E-state index in [2.05, 4.69) is 34.6 Å². The van der Waals surface area contributed by atoms with E-state index in [1.807, 2.05) is 0 Å². The Bertz CT molecular complexity index is 631. The molecule has 0 aromatic heterocycles. The number of hydrogen-bond donors (Lipinski definition) is 0. The van der Waals surface area contributed by atoms with Crippen LogP contribution in [-0.4, -0.2) is 85.2 Å². The molecule has 0 aliphatic carbocycles. The molecule has 37 heavy (non-hydrogen) atoms. The SMILES string of the molecule is CCCCOC[C@H](OCCCC)[C@@H](OCCCC)[C@@H](OCCCC)[C@@H]1OS(=O)(=O)OC[C@H]1OCCCC. The third-order valence-corrected chi connectivity index (χ3v) is 7.07. The summed E-state index contributed by atoms with van der Waals surface area (Å²) in [4.78, 5) is 0. The Balaban J connectivity index is 3.31. The van der Waals surface area contributed by atoms with Gasteiger partial charge < -0.3 is 23.7 Å². The molecule has 0 amide bonds. The Morgan fingerprint density at radius 1 is 0.730 bits per heavy atom. The fraction of sp³-hybridized carbons (Fsp3) is 1.00. The Morgan fingerprint density at radius 2 is 1.27 bits per heavy atom. The predicted octanol–water partition coefficient (Wildman–Crippen LogP) is 5.20. The lowest BCUT2D eigenvalue weighted by atomic mass is 9.98. The molecule has 0 bridgehead atoms. The van der Waals surface area contributed by atoms with Gasteiger partial charge in [0.1, 0.15) is 30.5 Å². The first kappa shape index (κ1) is 34.7. The summed E-state index contributed by atoms with van der Waals surface area (Å²) in [5.74, 6) is 0. The Hall–Kier alpha value is -0.330. The van der Waals surface area contributed by atoms with Crippen LogP contribution in [0.15, 0.2) is 0 Å². The van der Waals surface area contributed by atoms with Crippen molar-refractivity contribution in [3.63, 3.8) is 0 Å². The van der Waals surface area contributed by atoms with Gasteiger partial charge in [0, 0.05) is 33.0 Å². The van der Waals surface area contributed by atoms with E-state index in [4.69, 9.17) is 32.1 Å². The van der Waals surface area contributed by atoms with E-state index in [9.17, 15) is 8.42 Å². The van der Waals surface area contributed by atoms with Gasteiger partial charge in [0.2, 0.25) is 0 Å². The maximum absolute atomic E-state index is 12.4. The molecule has 10 heteroatoms. The highest BCUT2D eigenvalue weighted by atomic mass is 32.3. The summed E-state index contributed by atoms with van der Waals surface area (Å²) in [5.41, 5.74) is 0. The van der Waals surface area contributed by atoms with Crippen LogP contribution >= 0.6 is 0 Å². The standard InChI is InChI=1S/C27H54O9S/c1-6-11-16-30-21-23(31-17-12-7-2)25(33-19-14-9-4)27(34-20-15-10-5)26-24(32-18-13-8-3)22-35-37(28,29)36-26/h23-27H,6-22H2,1-5H3/t23-,24+,25+,26+,27+/m0/s1. The summed E-state index contributed by atoms with van der Waals surface area (Å²) in [5, 5.41) is 0. The van der Waals surface area contributed by atoms with Gasteiger partial charge in [0.05, 0.1) is 13.2 Å². The zero-order valence-electron chi connectivity index (χ0n) is 24.0. The van der Waals surface area contributed by atoms with Crippen molar-refractivity contribution in [3.8, 4) is 0 Å². The van der Waals surface area contributed by atoms with Crippen molar-refractivity contribution in [2.24, 2.45) is 0 Å². The second-order valence-electron chi connectivity index (χ2n) is 9.59. The van der Waals surface area contributed by atoms with Crippen molar-refractivity contribution < 1.29 is 40.5 Å². The third kappa shape index (κ3) is 14.6. The third-order valence-electron chi connectivity index (χ3n) is 6.19. The largest absolute Gasteiger partial charge is 0.400 e. The van der Waals surface area contributed by atoms with Crippen molar-refractivity contribution in [1.29, 1.82) is 0 Å². The van der Waals surface area contributed by atoms with Crippen LogP contribution in [0.2, 0.25) is 0 Å². The van der Waals surface area contributed by atoms with Gasteiger partial charge in [-0.05, 0) is 32.1 Å². The van der Waals surface area contributed by atoms with Crippen LogP contribution in [0.3, 0.4) is 0 Å². The minimum absolute atomic E-state index is 0.125. The fourth-order valence-corrected chi connectivity index (χ4v) is 4.70. The van der Waals surface area contributed by atoms with Crippen LogP contribution in [0.25, 0.3) is 0 Å². The number of ether oxygens (including phenoxy) is 5. The molecule has 222 valence electrons. The monoisotopic (exact) mass is 554 g/mol. The Labute approximate surface area is 226 Å². The van der Waals surface area contributed by atoms with E-state index in [1.165, 1.54) is 0 Å². The van der Waals surface area contributed by atoms with Crippen LogP contribution < -0.4 is 0 Å². The van der Waals surface area contributed by atoms with Gasteiger partial charge in [-0.25, -0.2) is 8.37 Å². The van der Waals surface area contributed by atoms with Crippen molar-refractivity contribution >= 4 is 10.4 Å². The summed E-state index contributed by atoms with van der Waals surface area (Å²) < 4.78 is 66.5. The van der Waals surface area contributed by atoms with Gasteiger partial charge in [-0.3, -0.25) is 0 Å². The van der Waals surface area contributed by atoms with Crippen LogP contribution in [0, 0.1) is 0 Å². The van der Waals surface area contributed by atoms with Gasteiger partial charge in [-0.1, -0.05) is 66.7 Å². The molecule has 5 atom stereocenters. The molecule has 1 rings (SSSR count). The van der Waals surface area contributed by atoms with Gasteiger partial charge >= 0.3 is 10.4 Å². The van der Waals surface area contributed by atoms with E-state index in [1.54, 1.807) is 0 Å². The molecule has 0 aromatic rings. The average Bonchev–Trinajstić information content (AvgIpc) is 2.88. The molecule has 0 aromatic carbocycles. The molecule has 1 fully saturated rings. The maximum atomic E-state index is 12.4. The topological polar surface area (TPSA) is 98.8 Å². The van der Waals surface area contributed by atoms with E-state index in [0.29, 0.717) is 39.6 Å². The molecule has 0 unspecified atom stereocenters. The van der Waals surface area contributed by atoms with Gasteiger partial charge in [0.15, 0.2) is 0 Å². The second-order valence-corrected chi connectivity index (χ2v) is 10.8. The first-order valence-corrected chi connectivity index (χ1v) is 15.9. The highest BCUT2D eigenvalue weighted by Gasteiger charge is 2.47. The molecule has 9 nitrogen and oxygen atoms in total. The summed E-state index contributed by atoms with van der Waals surface area (Å²) in [6, 6.07) is 0. The predicted molar refractivity (Wildman–Crippen MR) is 144 cm³/mol. The second kappa shape index (κ2) is 21.5. The molecule has 1 aliphatic heterocycles. The van der Waals surface area contributed by atoms with Crippen LogP contribution in [-0.2, 0) is 42.4 Å². The molecular weight excluding hydrogens is 500 g/mol. The summed E-state index contributed by atoms with van der Waals surface area (Å²) in [6.45, 7) is 13.3. The number of unbranched alkanes of at least 4 members (excludes halogenated alkanes) is 5. The average molecular weight is 555 g/mol. The zero-order chi connectivity index (χ0) is 27.4. The summed E-state index contributed by atoms with van der Waals surface area (Å²) in [7, 11) is -4.19. The zero-order valence-corrected chi connectivity index (χ0v) is 24.8. The molecular formula is C27H54O9S. The molecule has 0 saturated carbocycles. The quantitative estimate of drug-likeness (QED) is 0.149. The maximum Gasteiger partial charge on any atom is 0.400 e. The Morgan fingerprint density at radius 3 is 1.89 bits per heavy atom. The summed E-state index contributed by atoms with van der Waals surface area (Å²) >= 11 is 0. The smallest absolute Gasteiger partial charge is 0.379 e. The number of hydrogen-bond acceptors (Lipinski definition) is 9. The van der Waals surface area contributed by atoms with E-state index < -0.39 is 40.9 Å². The lowest BCUT2D eigenvalue weighted by Crippen LogP contribution is -2.58. The Kier molecular flexibility index (Phi) is 20.1. The molecule has 1 aliphatic rings. The molecule has 1 saturated heterocycles. The van der Waals surface area contributed by atoms with E-state index in [0.717, 1.165) is 64.2 Å². The van der Waals surface area contributed by atoms with Gasteiger partial charge in [-0.15, -0.1) is 0 Å². The first-order valence-electron chi connectivity index (χ1n) is 14.6. The van der Waals surface area contributed by atoms with E-state index >= 15 is 0 Å². The van der Waals surface area contributed by atoms with Crippen molar-refractivity contribution in [3.05, 3.63) is 0 Å². The summed E-state index contributed by atoms with van der Waals surface area (Å²) in [6.07, 6.45) is 5.95. The molecule has 0 radical (unpaired) electrons. The normalized spacial score (nSPS) is 22.1. The van der Waals surface area contributed by atoms with E-state index in [-0.39, 0.29) is 6.61 Å². The van der Waals surface area contributed by atoms with Crippen LogP contribution in [0.5, 0.6) is 0 Å². The van der Waals surface area contributed by atoms with Crippen molar-refractivity contribution in [2.45, 2.75) is 129 Å². The lowest BCUT2D eigenvalue weighted by Gasteiger charge is -2.41. The minimum atomic E-state index is -4.19. The molecule has 0 spiro atoms. The highest BCUT2D eigenvalue weighted by Crippen LogP contribution is 2.28. The van der Waals surface area contributed by atoms with Crippen molar-refractivity contribution in [2.75, 3.05) is 46.2 Å².